The molecular weight excluding hydrogens is 333 g/mol. The SMILES string of the molecule is Cc1cnc(C(C)n2c(=S)[nH]c3cc(Cl)c(Cl)cc32)s1. The quantitative estimate of drug-likeness (QED) is 0.633. The van der Waals surface area contributed by atoms with Gasteiger partial charge in [0.15, 0.2) is 4.77 Å². The van der Waals surface area contributed by atoms with Crippen LogP contribution in [0.4, 0.5) is 0 Å². The Morgan fingerprint density at radius 2 is 2.05 bits per heavy atom. The van der Waals surface area contributed by atoms with Gasteiger partial charge < -0.3 is 9.55 Å². The molecule has 0 radical (unpaired) electrons. The summed E-state index contributed by atoms with van der Waals surface area (Å²) in [6, 6.07) is 3.68. The highest BCUT2D eigenvalue weighted by Crippen LogP contribution is 2.31. The Bertz CT molecular complexity index is 847. The van der Waals surface area contributed by atoms with E-state index in [-0.39, 0.29) is 6.04 Å². The monoisotopic (exact) mass is 343 g/mol. The average molecular weight is 344 g/mol. The number of nitrogens with one attached hydrogen (secondary N) is 1. The van der Waals surface area contributed by atoms with Crippen molar-refractivity contribution in [2.24, 2.45) is 0 Å². The highest BCUT2D eigenvalue weighted by atomic mass is 35.5. The highest BCUT2D eigenvalue weighted by Gasteiger charge is 2.17. The molecule has 1 unspecified atom stereocenters. The molecule has 7 heteroatoms. The summed E-state index contributed by atoms with van der Waals surface area (Å²) in [4.78, 5) is 8.78. The first-order valence-electron chi connectivity index (χ1n) is 5.99. The Labute approximate surface area is 135 Å². The van der Waals surface area contributed by atoms with Gasteiger partial charge in [0.05, 0.1) is 27.1 Å². The van der Waals surface area contributed by atoms with Crippen LogP contribution >= 0.6 is 46.8 Å². The molecule has 0 saturated carbocycles. The van der Waals surface area contributed by atoms with Crippen molar-refractivity contribution in [1.82, 2.24) is 14.5 Å². The predicted molar refractivity (Wildman–Crippen MR) is 87.8 cm³/mol. The fourth-order valence-electron chi connectivity index (χ4n) is 2.18. The van der Waals surface area contributed by atoms with Crippen LogP contribution in [-0.2, 0) is 0 Å². The number of hydrogen-bond donors (Lipinski definition) is 1. The zero-order valence-electron chi connectivity index (χ0n) is 10.8. The molecule has 0 fully saturated rings. The lowest BCUT2D eigenvalue weighted by Gasteiger charge is -2.12. The van der Waals surface area contributed by atoms with Crippen molar-refractivity contribution in [2.45, 2.75) is 19.9 Å². The molecule has 0 aliphatic rings. The number of aromatic amines is 1. The van der Waals surface area contributed by atoms with Crippen LogP contribution in [0, 0.1) is 11.7 Å². The van der Waals surface area contributed by atoms with Gasteiger partial charge in [-0.2, -0.15) is 0 Å². The number of aryl methyl sites for hydroxylation is 1. The van der Waals surface area contributed by atoms with Crippen molar-refractivity contribution in [2.75, 3.05) is 0 Å². The number of H-pyrrole nitrogens is 1. The van der Waals surface area contributed by atoms with Gasteiger partial charge in [-0.05, 0) is 38.2 Å². The van der Waals surface area contributed by atoms with Crippen LogP contribution in [0.15, 0.2) is 18.3 Å². The molecule has 1 atom stereocenters. The predicted octanol–water partition coefficient (Wildman–Crippen LogP) is 5.38. The Hall–Kier alpha value is -0.880. The van der Waals surface area contributed by atoms with Gasteiger partial charge in [-0.1, -0.05) is 23.2 Å². The number of aromatic nitrogens is 3. The molecule has 0 aliphatic heterocycles. The second-order valence-corrected chi connectivity index (χ2v) is 7.04. The third-order valence-corrected chi connectivity index (χ3v) is 5.25. The maximum Gasteiger partial charge on any atom is 0.178 e. The van der Waals surface area contributed by atoms with Crippen molar-refractivity contribution >= 4 is 57.8 Å². The third-order valence-electron chi connectivity index (χ3n) is 3.14. The fourth-order valence-corrected chi connectivity index (χ4v) is 3.69. The second kappa shape index (κ2) is 5.15. The van der Waals surface area contributed by atoms with Gasteiger partial charge in [0.1, 0.15) is 5.01 Å². The summed E-state index contributed by atoms with van der Waals surface area (Å²) < 4.78 is 2.66. The Kier molecular flexibility index (Phi) is 3.62. The zero-order chi connectivity index (χ0) is 14.4. The first kappa shape index (κ1) is 14.1. The number of benzene rings is 1. The minimum atomic E-state index is 0.0483. The van der Waals surface area contributed by atoms with Crippen LogP contribution in [0.2, 0.25) is 10.0 Å². The number of imidazole rings is 1. The molecule has 0 spiro atoms. The lowest BCUT2D eigenvalue weighted by Crippen LogP contribution is -2.06. The zero-order valence-corrected chi connectivity index (χ0v) is 13.9. The smallest absolute Gasteiger partial charge is 0.178 e. The summed E-state index contributed by atoms with van der Waals surface area (Å²) in [5.74, 6) is 0. The summed E-state index contributed by atoms with van der Waals surface area (Å²) in [5.41, 5.74) is 1.81. The normalized spacial score (nSPS) is 13.0. The van der Waals surface area contributed by atoms with E-state index in [2.05, 4.69) is 16.9 Å². The summed E-state index contributed by atoms with van der Waals surface area (Å²) in [6.45, 7) is 4.11. The standard InChI is InChI=1S/C13H11Cl2N3S2/c1-6-5-16-12(20-6)7(2)18-11-4-9(15)8(14)3-10(11)17-13(18)19/h3-5,7H,1-2H3,(H,17,19). The minimum absolute atomic E-state index is 0.0483. The molecule has 104 valence electrons. The van der Waals surface area contributed by atoms with Gasteiger partial charge in [0.25, 0.3) is 0 Å². The summed E-state index contributed by atoms with van der Waals surface area (Å²) >= 11 is 19.2. The van der Waals surface area contributed by atoms with E-state index in [4.69, 9.17) is 35.4 Å². The largest absolute Gasteiger partial charge is 0.331 e. The maximum absolute atomic E-state index is 6.12. The molecule has 3 aromatic rings. The molecule has 0 amide bonds. The van der Waals surface area contributed by atoms with Crippen LogP contribution in [0.5, 0.6) is 0 Å². The fraction of sp³-hybridized carbons (Fsp3) is 0.231. The van der Waals surface area contributed by atoms with E-state index >= 15 is 0 Å². The molecule has 2 aromatic heterocycles. The minimum Gasteiger partial charge on any atom is -0.331 e. The lowest BCUT2D eigenvalue weighted by atomic mass is 10.3. The first-order chi connectivity index (χ1) is 9.47. The van der Waals surface area contributed by atoms with E-state index in [9.17, 15) is 0 Å². The molecule has 0 aliphatic carbocycles. The third kappa shape index (κ3) is 2.29. The molecule has 2 heterocycles. The molecular formula is C13H11Cl2N3S2. The summed E-state index contributed by atoms with van der Waals surface area (Å²) in [6.07, 6.45) is 1.87. The van der Waals surface area contributed by atoms with Crippen molar-refractivity contribution in [1.29, 1.82) is 0 Å². The number of fused-ring (bicyclic) bond motifs is 1. The van der Waals surface area contributed by atoms with Crippen molar-refractivity contribution < 1.29 is 0 Å². The van der Waals surface area contributed by atoms with Crippen LogP contribution < -0.4 is 0 Å². The van der Waals surface area contributed by atoms with Gasteiger partial charge in [-0.15, -0.1) is 11.3 Å². The van der Waals surface area contributed by atoms with Crippen LogP contribution in [-0.4, -0.2) is 14.5 Å². The van der Waals surface area contributed by atoms with Gasteiger partial charge in [-0.25, -0.2) is 4.98 Å². The molecule has 0 saturated heterocycles. The van der Waals surface area contributed by atoms with Crippen LogP contribution in [0.3, 0.4) is 0 Å². The van der Waals surface area contributed by atoms with Gasteiger partial charge >= 0.3 is 0 Å². The van der Waals surface area contributed by atoms with E-state index in [1.54, 1.807) is 17.4 Å². The first-order valence-corrected chi connectivity index (χ1v) is 7.97. The molecule has 1 aromatic carbocycles. The Morgan fingerprint density at radius 1 is 1.35 bits per heavy atom. The molecule has 1 N–H and O–H groups in total. The van der Waals surface area contributed by atoms with E-state index < -0.39 is 0 Å². The number of hydrogen-bond acceptors (Lipinski definition) is 3. The summed E-state index contributed by atoms with van der Waals surface area (Å²) in [5, 5.41) is 2.05. The Morgan fingerprint density at radius 3 is 2.70 bits per heavy atom. The van der Waals surface area contributed by atoms with E-state index in [0.29, 0.717) is 14.8 Å². The number of rotatable bonds is 2. The van der Waals surface area contributed by atoms with Gasteiger partial charge in [-0.3, -0.25) is 0 Å². The number of halogens is 2. The van der Waals surface area contributed by atoms with Crippen molar-refractivity contribution in [3.8, 4) is 0 Å². The van der Waals surface area contributed by atoms with Crippen molar-refractivity contribution in [3.63, 3.8) is 0 Å². The number of nitrogens with zero attached hydrogens (tertiary/aromatic N) is 2. The molecule has 0 bridgehead atoms. The summed E-state index contributed by atoms with van der Waals surface area (Å²) in [7, 11) is 0. The second-order valence-electron chi connectivity index (χ2n) is 4.57. The van der Waals surface area contributed by atoms with Crippen LogP contribution in [0.1, 0.15) is 22.9 Å². The van der Waals surface area contributed by atoms with E-state index in [1.807, 2.05) is 23.8 Å². The average Bonchev–Trinajstić information content (AvgIpc) is 2.93. The molecule has 3 nitrogen and oxygen atoms in total. The van der Waals surface area contributed by atoms with Crippen molar-refractivity contribution in [3.05, 3.63) is 43.0 Å². The maximum atomic E-state index is 6.12. The Balaban J connectivity index is 2.23. The van der Waals surface area contributed by atoms with E-state index in [0.717, 1.165) is 16.0 Å². The van der Waals surface area contributed by atoms with Gasteiger partial charge in [0, 0.05) is 11.1 Å². The van der Waals surface area contributed by atoms with Gasteiger partial charge in [0.2, 0.25) is 0 Å². The highest BCUT2D eigenvalue weighted by molar-refractivity contribution is 7.71. The van der Waals surface area contributed by atoms with E-state index in [1.165, 1.54) is 4.88 Å². The van der Waals surface area contributed by atoms with Crippen LogP contribution in [0.25, 0.3) is 11.0 Å². The molecule has 3 rings (SSSR count). The number of thiazole rings is 1. The topological polar surface area (TPSA) is 33.6 Å². The lowest BCUT2D eigenvalue weighted by molar-refractivity contribution is 0.645. The molecule has 20 heavy (non-hydrogen) atoms.